The average molecular weight is 225 g/mol. The van der Waals surface area contributed by atoms with E-state index in [4.69, 9.17) is 9.84 Å². The summed E-state index contributed by atoms with van der Waals surface area (Å²) in [5.41, 5.74) is -0.0538. The first kappa shape index (κ1) is 12.4. The lowest BCUT2D eigenvalue weighted by molar-refractivity contribution is 0.0690. The van der Waals surface area contributed by atoms with Crippen LogP contribution in [0.2, 0.25) is 0 Å². The van der Waals surface area contributed by atoms with Gasteiger partial charge in [0.05, 0.1) is 12.4 Å². The Balaban J connectivity index is 2.36. The number of aromatic carboxylic acids is 1. The normalized spacial score (nSPS) is 10.1. The molecule has 0 bridgehead atoms. The molecule has 1 aromatic heterocycles. The first-order chi connectivity index (χ1) is 7.74. The zero-order valence-electron chi connectivity index (χ0n) is 9.14. The van der Waals surface area contributed by atoms with E-state index >= 15 is 0 Å². The van der Waals surface area contributed by atoms with Crippen LogP contribution in [0.3, 0.4) is 0 Å². The lowest BCUT2D eigenvalue weighted by atomic mass is 10.3. The Morgan fingerprint density at radius 1 is 1.50 bits per heavy atom. The number of nitrogens with one attached hydrogen (secondary N) is 1. The van der Waals surface area contributed by atoms with Gasteiger partial charge in [-0.15, -0.1) is 0 Å². The third-order valence-electron chi connectivity index (χ3n) is 1.94. The highest BCUT2D eigenvalue weighted by Gasteiger charge is 2.05. The number of carboxylic acid groups (broad SMARTS) is 1. The van der Waals surface area contributed by atoms with Crippen LogP contribution in [0.5, 0.6) is 0 Å². The molecule has 0 aliphatic heterocycles. The van der Waals surface area contributed by atoms with Crippen molar-refractivity contribution < 1.29 is 14.6 Å². The number of nitrogens with zero attached hydrogens (tertiary/aromatic N) is 2. The number of carbonyl (C=O) groups is 1. The summed E-state index contributed by atoms with van der Waals surface area (Å²) >= 11 is 0. The molecule has 0 saturated carbocycles. The Labute approximate surface area is 93.7 Å². The molecule has 0 atom stereocenters. The van der Waals surface area contributed by atoms with Gasteiger partial charge in [-0.2, -0.15) is 0 Å². The summed E-state index contributed by atoms with van der Waals surface area (Å²) in [6.07, 6.45) is 4.61. The van der Waals surface area contributed by atoms with E-state index in [2.05, 4.69) is 15.3 Å². The number of anilines is 1. The van der Waals surface area contributed by atoms with Crippen molar-refractivity contribution in [1.29, 1.82) is 0 Å². The summed E-state index contributed by atoms with van der Waals surface area (Å²) in [6.45, 7) is 1.45. The van der Waals surface area contributed by atoms with Gasteiger partial charge in [-0.05, 0) is 12.8 Å². The summed E-state index contributed by atoms with van der Waals surface area (Å²) in [6, 6.07) is 0. The third kappa shape index (κ3) is 4.22. The Bertz CT molecular complexity index is 344. The molecule has 0 radical (unpaired) electrons. The number of aromatic nitrogens is 2. The molecule has 16 heavy (non-hydrogen) atoms. The van der Waals surface area contributed by atoms with Crippen molar-refractivity contribution in [2.45, 2.75) is 12.8 Å². The monoisotopic (exact) mass is 225 g/mol. The van der Waals surface area contributed by atoms with Crippen molar-refractivity contribution in [3.8, 4) is 0 Å². The van der Waals surface area contributed by atoms with Gasteiger partial charge in [-0.1, -0.05) is 0 Å². The summed E-state index contributed by atoms with van der Waals surface area (Å²) in [4.78, 5) is 18.3. The van der Waals surface area contributed by atoms with Crippen LogP contribution >= 0.6 is 0 Å². The highest BCUT2D eigenvalue weighted by atomic mass is 16.5. The highest BCUT2D eigenvalue weighted by molar-refractivity contribution is 5.85. The fourth-order valence-electron chi connectivity index (χ4n) is 1.14. The lowest BCUT2D eigenvalue weighted by Gasteiger charge is -2.05. The van der Waals surface area contributed by atoms with Crippen LogP contribution in [0.25, 0.3) is 0 Å². The van der Waals surface area contributed by atoms with Crippen molar-refractivity contribution in [3.63, 3.8) is 0 Å². The molecule has 0 aliphatic rings. The molecule has 0 aromatic carbocycles. The van der Waals surface area contributed by atoms with Crippen molar-refractivity contribution in [2.75, 3.05) is 25.6 Å². The van der Waals surface area contributed by atoms with Crippen LogP contribution < -0.4 is 5.32 Å². The number of unbranched alkanes of at least 4 members (excludes halogenated alkanes) is 1. The van der Waals surface area contributed by atoms with E-state index in [1.54, 1.807) is 7.11 Å². The molecule has 1 heterocycles. The van der Waals surface area contributed by atoms with Gasteiger partial charge >= 0.3 is 5.97 Å². The minimum Gasteiger partial charge on any atom is -0.476 e. The molecule has 0 fully saturated rings. The van der Waals surface area contributed by atoms with Crippen LogP contribution in [-0.4, -0.2) is 41.3 Å². The molecule has 2 N–H and O–H groups in total. The largest absolute Gasteiger partial charge is 0.476 e. The summed E-state index contributed by atoms with van der Waals surface area (Å²) in [5, 5.41) is 11.7. The van der Waals surface area contributed by atoms with E-state index in [0.29, 0.717) is 5.82 Å². The van der Waals surface area contributed by atoms with Gasteiger partial charge < -0.3 is 15.2 Å². The Kier molecular flexibility index (Phi) is 5.21. The third-order valence-corrected chi connectivity index (χ3v) is 1.94. The molecule has 6 nitrogen and oxygen atoms in total. The topological polar surface area (TPSA) is 84.3 Å². The Hall–Kier alpha value is -1.69. The van der Waals surface area contributed by atoms with Gasteiger partial charge in [0.1, 0.15) is 5.82 Å². The second-order valence-electron chi connectivity index (χ2n) is 3.22. The molecule has 0 amide bonds. The standard InChI is InChI=1S/C10H15N3O3/c1-16-5-3-2-4-12-9-7-11-6-8(13-9)10(14)15/h6-7H,2-5H2,1H3,(H,12,13)(H,14,15). The highest BCUT2D eigenvalue weighted by Crippen LogP contribution is 2.02. The molecular weight excluding hydrogens is 210 g/mol. The van der Waals surface area contributed by atoms with Gasteiger partial charge in [-0.3, -0.25) is 4.98 Å². The molecule has 0 aliphatic carbocycles. The zero-order valence-corrected chi connectivity index (χ0v) is 9.14. The summed E-state index contributed by atoms with van der Waals surface area (Å²) in [5.74, 6) is -0.590. The lowest BCUT2D eigenvalue weighted by Crippen LogP contribution is -2.08. The van der Waals surface area contributed by atoms with Crippen molar-refractivity contribution in [2.24, 2.45) is 0 Å². The maximum Gasteiger partial charge on any atom is 0.356 e. The van der Waals surface area contributed by atoms with Crippen LogP contribution in [0, 0.1) is 0 Å². The second kappa shape index (κ2) is 6.73. The van der Waals surface area contributed by atoms with Crippen molar-refractivity contribution in [1.82, 2.24) is 9.97 Å². The van der Waals surface area contributed by atoms with Gasteiger partial charge in [0.25, 0.3) is 0 Å². The van der Waals surface area contributed by atoms with Crippen LogP contribution in [0.15, 0.2) is 12.4 Å². The number of ether oxygens (including phenoxy) is 1. The minimum atomic E-state index is -1.07. The SMILES string of the molecule is COCCCCNc1cncc(C(=O)O)n1. The van der Waals surface area contributed by atoms with E-state index in [1.807, 2.05) is 0 Å². The fraction of sp³-hybridized carbons (Fsp3) is 0.500. The van der Waals surface area contributed by atoms with Crippen LogP contribution in [0.1, 0.15) is 23.3 Å². The van der Waals surface area contributed by atoms with Crippen LogP contribution in [-0.2, 0) is 4.74 Å². The van der Waals surface area contributed by atoms with E-state index in [0.717, 1.165) is 26.0 Å². The molecule has 0 unspecified atom stereocenters. The van der Waals surface area contributed by atoms with Crippen molar-refractivity contribution in [3.05, 3.63) is 18.1 Å². The maximum absolute atomic E-state index is 10.6. The van der Waals surface area contributed by atoms with Crippen LogP contribution in [0.4, 0.5) is 5.82 Å². The predicted octanol–water partition coefficient (Wildman–Crippen LogP) is 1.01. The first-order valence-electron chi connectivity index (χ1n) is 5.02. The van der Waals surface area contributed by atoms with Crippen molar-refractivity contribution >= 4 is 11.8 Å². The summed E-state index contributed by atoms with van der Waals surface area (Å²) in [7, 11) is 1.66. The molecule has 0 saturated heterocycles. The average Bonchev–Trinajstić information content (AvgIpc) is 2.29. The quantitative estimate of drug-likeness (QED) is 0.674. The van der Waals surface area contributed by atoms with E-state index in [9.17, 15) is 4.79 Å². The number of methoxy groups -OCH3 is 1. The molecule has 1 aromatic rings. The van der Waals surface area contributed by atoms with Gasteiger partial charge in [0, 0.05) is 20.3 Å². The summed E-state index contributed by atoms with van der Waals surface area (Å²) < 4.78 is 4.91. The first-order valence-corrected chi connectivity index (χ1v) is 5.02. The molecule has 1 rings (SSSR count). The number of hydrogen-bond donors (Lipinski definition) is 2. The van der Waals surface area contributed by atoms with E-state index < -0.39 is 5.97 Å². The van der Waals surface area contributed by atoms with E-state index in [1.165, 1.54) is 12.4 Å². The second-order valence-corrected chi connectivity index (χ2v) is 3.22. The predicted molar refractivity (Wildman–Crippen MR) is 58.6 cm³/mol. The maximum atomic E-state index is 10.6. The number of carboxylic acids is 1. The molecular formula is C10H15N3O3. The molecule has 88 valence electrons. The van der Waals surface area contributed by atoms with Gasteiger partial charge in [0.2, 0.25) is 0 Å². The molecule has 6 heteroatoms. The van der Waals surface area contributed by atoms with Gasteiger partial charge in [-0.25, -0.2) is 9.78 Å². The smallest absolute Gasteiger partial charge is 0.356 e. The number of rotatable bonds is 7. The molecule has 0 spiro atoms. The number of hydrogen-bond acceptors (Lipinski definition) is 5. The zero-order chi connectivity index (χ0) is 11.8. The van der Waals surface area contributed by atoms with E-state index in [-0.39, 0.29) is 5.69 Å². The fourth-order valence-corrected chi connectivity index (χ4v) is 1.14. The Morgan fingerprint density at radius 3 is 3.00 bits per heavy atom. The van der Waals surface area contributed by atoms with Gasteiger partial charge in [0.15, 0.2) is 5.69 Å². The minimum absolute atomic E-state index is 0.0538. The Morgan fingerprint density at radius 2 is 2.31 bits per heavy atom.